The number of carbonyl (C=O) groups is 1. The van der Waals surface area contributed by atoms with E-state index in [0.717, 1.165) is 72.1 Å². The van der Waals surface area contributed by atoms with Gasteiger partial charge in [0, 0.05) is 23.6 Å². The first-order valence-corrected chi connectivity index (χ1v) is 13.5. The molecule has 2 aromatic heterocycles. The molecule has 190 valence electrons. The summed E-state index contributed by atoms with van der Waals surface area (Å²) in [5.74, 6) is 1.75. The van der Waals surface area contributed by atoms with Crippen LogP contribution in [0.2, 0.25) is 0 Å². The summed E-state index contributed by atoms with van der Waals surface area (Å²) in [5.41, 5.74) is 3.59. The van der Waals surface area contributed by atoms with Crippen molar-refractivity contribution in [2.45, 2.75) is 76.8 Å². The van der Waals surface area contributed by atoms with E-state index in [-0.39, 0.29) is 5.91 Å². The predicted molar refractivity (Wildman–Crippen MR) is 144 cm³/mol. The van der Waals surface area contributed by atoms with E-state index in [1.807, 2.05) is 23.1 Å². The normalized spacial score (nSPS) is 16.8. The lowest BCUT2D eigenvalue weighted by Gasteiger charge is -2.23. The Labute approximate surface area is 216 Å². The molecule has 0 bridgehead atoms. The van der Waals surface area contributed by atoms with Crippen molar-refractivity contribution in [3.8, 4) is 17.1 Å². The molecule has 37 heavy (non-hydrogen) atoms. The number of rotatable bonds is 9. The Morgan fingerprint density at radius 3 is 2.68 bits per heavy atom. The van der Waals surface area contributed by atoms with Crippen LogP contribution in [0.25, 0.3) is 28.0 Å². The standard InChI is InChI=1S/C29H33N7O/c1-2-3-4-5-15-26-30-29(17-8-9-18-29)28(37)36(26)20-21-11-10-14-24-22(21)16-19-35(24)25-13-7-6-12-23(25)27-31-33-34-32-27/h6-7,10-14,16,19H,2-5,8-9,15,17-18,20H2,1H3,(H,31,32,33,34). The zero-order valence-electron chi connectivity index (χ0n) is 21.4. The third-order valence-corrected chi connectivity index (χ3v) is 7.88. The molecule has 8 nitrogen and oxygen atoms in total. The number of fused-ring (bicyclic) bond motifs is 1. The molecule has 1 saturated carbocycles. The van der Waals surface area contributed by atoms with Crippen molar-refractivity contribution in [1.29, 1.82) is 0 Å². The van der Waals surface area contributed by atoms with Crippen LogP contribution in [0, 0.1) is 0 Å². The van der Waals surface area contributed by atoms with E-state index in [0.29, 0.717) is 12.4 Å². The molecule has 1 aliphatic heterocycles. The minimum Gasteiger partial charge on any atom is -0.316 e. The van der Waals surface area contributed by atoms with Crippen LogP contribution in [-0.2, 0) is 11.3 Å². The van der Waals surface area contributed by atoms with E-state index in [9.17, 15) is 4.79 Å². The Morgan fingerprint density at radius 1 is 1.00 bits per heavy atom. The van der Waals surface area contributed by atoms with Gasteiger partial charge in [-0.25, -0.2) is 0 Å². The van der Waals surface area contributed by atoms with Gasteiger partial charge < -0.3 is 4.57 Å². The van der Waals surface area contributed by atoms with Gasteiger partial charge in [0.25, 0.3) is 5.91 Å². The lowest BCUT2D eigenvalue weighted by Crippen LogP contribution is -2.40. The summed E-state index contributed by atoms with van der Waals surface area (Å²) in [5, 5.41) is 15.8. The monoisotopic (exact) mass is 495 g/mol. The van der Waals surface area contributed by atoms with Crippen LogP contribution >= 0.6 is 0 Å². The minimum atomic E-state index is -0.510. The number of tetrazole rings is 1. The maximum atomic E-state index is 13.8. The van der Waals surface area contributed by atoms with Crippen LogP contribution < -0.4 is 0 Å². The van der Waals surface area contributed by atoms with Crippen LogP contribution in [-0.4, -0.2) is 47.4 Å². The highest BCUT2D eigenvalue weighted by Crippen LogP contribution is 2.40. The highest BCUT2D eigenvalue weighted by Gasteiger charge is 2.49. The zero-order chi connectivity index (χ0) is 25.2. The zero-order valence-corrected chi connectivity index (χ0v) is 21.4. The first-order chi connectivity index (χ1) is 18.2. The number of carbonyl (C=O) groups excluding carboxylic acids is 1. The highest BCUT2D eigenvalue weighted by molar-refractivity contribution is 6.08. The SMILES string of the molecule is CCCCCCC1=NC2(CCCC2)C(=O)N1Cc1cccc2c1ccn2-c1ccccc1-c1nn[nH]n1. The summed E-state index contributed by atoms with van der Waals surface area (Å²) >= 11 is 0. The van der Waals surface area contributed by atoms with Crippen molar-refractivity contribution in [2.24, 2.45) is 4.99 Å². The molecular formula is C29H33N7O. The number of nitrogens with one attached hydrogen (secondary N) is 1. The molecule has 1 N–H and O–H groups in total. The van der Waals surface area contributed by atoms with E-state index in [1.165, 1.54) is 19.3 Å². The second-order valence-electron chi connectivity index (χ2n) is 10.3. The number of aromatic amines is 1. The average Bonchev–Trinajstić information content (AvgIpc) is 3.73. The number of aromatic nitrogens is 5. The largest absolute Gasteiger partial charge is 0.316 e. The molecule has 4 aromatic rings. The van der Waals surface area contributed by atoms with E-state index in [4.69, 9.17) is 4.99 Å². The minimum absolute atomic E-state index is 0.203. The fraction of sp³-hybridized carbons (Fsp3) is 0.414. The van der Waals surface area contributed by atoms with Crippen molar-refractivity contribution in [3.05, 3.63) is 60.3 Å². The number of amides is 1. The Hall–Kier alpha value is -3.81. The van der Waals surface area contributed by atoms with Gasteiger partial charge in [0.1, 0.15) is 11.4 Å². The van der Waals surface area contributed by atoms with E-state index >= 15 is 0 Å². The second kappa shape index (κ2) is 9.92. The first-order valence-electron chi connectivity index (χ1n) is 13.5. The summed E-state index contributed by atoms with van der Waals surface area (Å²) in [6, 6.07) is 16.5. The maximum absolute atomic E-state index is 13.8. The van der Waals surface area contributed by atoms with E-state index < -0.39 is 5.54 Å². The van der Waals surface area contributed by atoms with Gasteiger partial charge in [-0.2, -0.15) is 5.21 Å². The van der Waals surface area contributed by atoms with Gasteiger partial charge in [0.05, 0.1) is 17.7 Å². The Kier molecular flexibility index (Phi) is 6.32. The summed E-state index contributed by atoms with van der Waals surface area (Å²) in [7, 11) is 0. The fourth-order valence-electron chi connectivity index (χ4n) is 5.97. The molecule has 3 heterocycles. The van der Waals surface area contributed by atoms with Gasteiger partial charge in [-0.15, -0.1) is 10.2 Å². The molecule has 1 amide bonds. The molecule has 2 aliphatic rings. The summed E-state index contributed by atoms with van der Waals surface area (Å²) < 4.78 is 2.16. The summed E-state index contributed by atoms with van der Waals surface area (Å²) in [6.45, 7) is 2.78. The number of amidine groups is 1. The Balaban J connectivity index is 1.33. The number of H-pyrrole nitrogens is 1. The maximum Gasteiger partial charge on any atom is 0.256 e. The Bertz CT molecular complexity index is 1430. The summed E-state index contributed by atoms with van der Waals surface area (Å²) in [4.78, 5) is 20.9. The fourth-order valence-corrected chi connectivity index (χ4v) is 5.97. The molecule has 0 unspecified atom stereocenters. The van der Waals surface area contributed by atoms with Gasteiger partial charge in [-0.05, 0) is 54.3 Å². The highest BCUT2D eigenvalue weighted by atomic mass is 16.2. The van der Waals surface area contributed by atoms with Gasteiger partial charge in [-0.3, -0.25) is 14.7 Å². The topological polar surface area (TPSA) is 92.1 Å². The third-order valence-electron chi connectivity index (χ3n) is 7.88. The lowest BCUT2D eigenvalue weighted by atomic mass is 9.98. The van der Waals surface area contributed by atoms with Crippen LogP contribution in [0.15, 0.2) is 59.7 Å². The molecule has 8 heteroatoms. The second-order valence-corrected chi connectivity index (χ2v) is 10.3. The molecule has 1 spiro atoms. The quantitative estimate of drug-likeness (QED) is 0.296. The average molecular weight is 496 g/mol. The molecule has 1 fully saturated rings. The van der Waals surface area contributed by atoms with E-state index in [2.05, 4.69) is 68.6 Å². The van der Waals surface area contributed by atoms with Gasteiger partial charge in [-0.1, -0.05) is 63.3 Å². The van der Waals surface area contributed by atoms with Crippen LogP contribution in [0.5, 0.6) is 0 Å². The number of benzene rings is 2. The van der Waals surface area contributed by atoms with Gasteiger partial charge in [0.15, 0.2) is 0 Å². The smallest absolute Gasteiger partial charge is 0.256 e. The van der Waals surface area contributed by atoms with Crippen LogP contribution in [0.3, 0.4) is 0 Å². The molecule has 0 saturated heterocycles. The molecule has 2 aromatic carbocycles. The molecule has 6 rings (SSSR count). The van der Waals surface area contributed by atoms with Crippen LogP contribution in [0.4, 0.5) is 0 Å². The molecule has 0 radical (unpaired) electrons. The van der Waals surface area contributed by atoms with Crippen molar-refractivity contribution in [2.75, 3.05) is 0 Å². The Morgan fingerprint density at radius 2 is 1.86 bits per heavy atom. The van der Waals surface area contributed by atoms with Crippen molar-refractivity contribution in [3.63, 3.8) is 0 Å². The molecule has 1 aliphatic carbocycles. The number of hydrogen-bond donors (Lipinski definition) is 1. The van der Waals surface area contributed by atoms with Gasteiger partial charge in [0.2, 0.25) is 5.82 Å². The number of hydrogen-bond acceptors (Lipinski definition) is 5. The number of aliphatic imine (C=N–C) groups is 1. The van der Waals surface area contributed by atoms with Crippen molar-refractivity contribution in [1.82, 2.24) is 30.1 Å². The lowest BCUT2D eigenvalue weighted by molar-refractivity contribution is -0.131. The predicted octanol–water partition coefficient (Wildman–Crippen LogP) is 5.83. The molecular weight excluding hydrogens is 462 g/mol. The number of nitrogens with zero attached hydrogens (tertiary/aromatic N) is 6. The number of unbranched alkanes of at least 4 members (excludes halogenated alkanes) is 3. The third kappa shape index (κ3) is 4.24. The first kappa shape index (κ1) is 23.6. The van der Waals surface area contributed by atoms with E-state index in [1.54, 1.807) is 0 Å². The summed E-state index contributed by atoms with van der Waals surface area (Å²) in [6.07, 6.45) is 11.6. The van der Waals surface area contributed by atoms with Crippen LogP contribution in [0.1, 0.15) is 70.3 Å². The van der Waals surface area contributed by atoms with Gasteiger partial charge >= 0.3 is 0 Å². The van der Waals surface area contributed by atoms with Crippen molar-refractivity contribution >= 4 is 22.6 Å². The number of para-hydroxylation sites is 1. The molecule has 0 atom stereocenters. The van der Waals surface area contributed by atoms with Crippen molar-refractivity contribution < 1.29 is 4.79 Å².